The van der Waals surface area contributed by atoms with Gasteiger partial charge in [-0.1, -0.05) is 20.8 Å². The Morgan fingerprint density at radius 3 is 2.24 bits per heavy atom. The van der Waals surface area contributed by atoms with Crippen molar-refractivity contribution >= 4 is 11.9 Å². The fourth-order valence-electron chi connectivity index (χ4n) is 8.69. The van der Waals surface area contributed by atoms with Crippen LogP contribution in [0.15, 0.2) is 4.99 Å². The lowest BCUT2D eigenvalue weighted by atomic mass is 9.79. The first kappa shape index (κ1) is 41.3. The Morgan fingerprint density at radius 2 is 1.64 bits per heavy atom. The molecule has 0 aromatic carbocycles. The number of aliphatic hydroxyl groups excluding tert-OH is 2. The molecule has 3 saturated heterocycles. The van der Waals surface area contributed by atoms with Gasteiger partial charge in [0.05, 0.1) is 35.9 Å². The number of nitrogens with zero attached hydrogens (tertiary/aromatic N) is 2. The molecule has 50 heavy (non-hydrogen) atoms. The van der Waals surface area contributed by atoms with Crippen molar-refractivity contribution in [1.29, 1.82) is 0 Å². The van der Waals surface area contributed by atoms with Crippen LogP contribution in [0.3, 0.4) is 0 Å². The highest BCUT2D eigenvalue weighted by Gasteiger charge is 2.55. The highest BCUT2D eigenvalue weighted by Crippen LogP contribution is 2.44. The van der Waals surface area contributed by atoms with Crippen molar-refractivity contribution in [2.24, 2.45) is 22.7 Å². The summed E-state index contributed by atoms with van der Waals surface area (Å²) < 4.78 is 44.8. The largest absolute Gasteiger partial charge is 0.472 e. The number of aliphatic imine (C=N–C) groups is 1. The van der Waals surface area contributed by atoms with Crippen LogP contribution >= 0.6 is 0 Å². The van der Waals surface area contributed by atoms with Crippen molar-refractivity contribution in [2.75, 3.05) is 21.2 Å². The van der Waals surface area contributed by atoms with E-state index in [4.69, 9.17) is 38.2 Å². The number of hydrogen-bond acceptors (Lipinski definition) is 13. The highest BCUT2D eigenvalue weighted by atomic mass is 16.7. The number of esters is 1. The molecule has 0 saturated carbocycles. The normalized spacial score (nSPS) is 49.5. The Labute approximate surface area is 299 Å². The SMILES string of the molecule is CC[C@H]1OC(=O)[C@H](C)[C@@H](O[C@H]2C[C@@](C)(OC)[C@@H](O)[C@H](C)O2)[C@H](C)[C@@H](O[C@@H]2O[C@H](C)C[C@H](N(C)C)[C@H]2O)C2(C)C[C@@H](C)C(=NC(C)C[C@]1(C)O)O2. The minimum atomic E-state index is -1.36. The van der Waals surface area contributed by atoms with Gasteiger partial charge in [-0.15, -0.1) is 0 Å². The maximum absolute atomic E-state index is 14.1. The molecule has 0 amide bonds. The zero-order chi connectivity index (χ0) is 37.5. The van der Waals surface area contributed by atoms with E-state index in [0.717, 1.165) is 0 Å². The molecule has 0 aliphatic carbocycles. The van der Waals surface area contributed by atoms with Gasteiger partial charge < -0.3 is 53.4 Å². The van der Waals surface area contributed by atoms with Crippen molar-refractivity contribution in [3.63, 3.8) is 0 Å². The van der Waals surface area contributed by atoms with Crippen LogP contribution in [0.4, 0.5) is 0 Å². The predicted octanol–water partition coefficient (Wildman–Crippen LogP) is 3.43. The minimum Gasteiger partial charge on any atom is -0.472 e. The van der Waals surface area contributed by atoms with Gasteiger partial charge in [-0.3, -0.25) is 9.79 Å². The molecule has 13 nitrogen and oxygen atoms in total. The summed E-state index contributed by atoms with van der Waals surface area (Å²) in [6.07, 6.45) is -4.94. The van der Waals surface area contributed by atoms with Crippen LogP contribution in [-0.2, 0) is 38.0 Å². The van der Waals surface area contributed by atoms with Crippen molar-refractivity contribution in [1.82, 2.24) is 4.90 Å². The highest BCUT2D eigenvalue weighted by molar-refractivity contribution is 5.81. The van der Waals surface area contributed by atoms with Gasteiger partial charge in [0.2, 0.25) is 0 Å². The van der Waals surface area contributed by atoms with Gasteiger partial charge in [-0.25, -0.2) is 0 Å². The molecule has 4 aliphatic heterocycles. The molecule has 0 spiro atoms. The summed E-state index contributed by atoms with van der Waals surface area (Å²) in [5, 5.41) is 34.1. The number of fused-ring (bicyclic) bond motifs is 2. The molecule has 2 unspecified atom stereocenters. The maximum atomic E-state index is 14.1. The second-order valence-corrected chi connectivity index (χ2v) is 16.5. The quantitative estimate of drug-likeness (QED) is 0.331. The molecule has 4 heterocycles. The smallest absolute Gasteiger partial charge is 0.311 e. The zero-order valence-corrected chi connectivity index (χ0v) is 32.6. The van der Waals surface area contributed by atoms with Crippen LogP contribution in [0.25, 0.3) is 0 Å². The number of cyclic esters (lactones) is 1. The average Bonchev–Trinajstić information content (AvgIpc) is 3.31. The molecular weight excluding hydrogens is 648 g/mol. The van der Waals surface area contributed by atoms with E-state index >= 15 is 0 Å². The van der Waals surface area contributed by atoms with Crippen molar-refractivity contribution in [2.45, 2.75) is 186 Å². The maximum Gasteiger partial charge on any atom is 0.311 e. The zero-order valence-electron chi connectivity index (χ0n) is 32.6. The Morgan fingerprint density at radius 1 is 0.980 bits per heavy atom. The molecule has 0 radical (unpaired) electrons. The van der Waals surface area contributed by atoms with Crippen LogP contribution in [0.2, 0.25) is 0 Å². The van der Waals surface area contributed by atoms with E-state index in [0.29, 0.717) is 25.2 Å². The standard InChI is InChI=1S/C37H66N2O11/c1-14-26-35(8,43)17-20(3)38-32-19(2)16-37(10,50-32)31(49-34-28(40)25(39(11)12)15-21(4)45-34)22(5)29(23(6)33(42)47-26)48-27-18-36(9,44-13)30(41)24(7)46-27/h19-31,34,40-41,43H,14-18H2,1-13H3/t19-,20?,21-,22+,23-,24+,25+,26-,27+,28-,29+,30+,31-,34+,35+,36-,37?/m1/s1. The molecule has 2 bridgehead atoms. The van der Waals surface area contributed by atoms with Gasteiger partial charge >= 0.3 is 5.97 Å². The molecule has 0 aromatic heterocycles. The van der Waals surface area contributed by atoms with Crippen LogP contribution in [0.1, 0.15) is 101 Å². The Hall–Kier alpha value is -1.42. The number of likely N-dealkylation sites (N-methyl/N-ethyl adjacent to an activating group) is 1. The van der Waals surface area contributed by atoms with E-state index in [-0.39, 0.29) is 36.9 Å². The molecule has 3 fully saturated rings. The number of rotatable bonds is 7. The fraction of sp³-hybridized carbons (Fsp3) is 0.946. The van der Waals surface area contributed by atoms with Gasteiger partial charge in [-0.2, -0.15) is 0 Å². The first-order valence-corrected chi connectivity index (χ1v) is 18.5. The van der Waals surface area contributed by atoms with E-state index in [1.54, 1.807) is 27.9 Å². The van der Waals surface area contributed by atoms with Gasteiger partial charge in [0, 0.05) is 44.2 Å². The number of methoxy groups -OCH3 is 1. The number of carbonyl (C=O) groups is 1. The van der Waals surface area contributed by atoms with Crippen LogP contribution in [-0.4, -0.2) is 137 Å². The molecule has 4 aliphatic rings. The third-order valence-electron chi connectivity index (χ3n) is 11.7. The number of carbonyl (C=O) groups excluding carboxylic acids is 1. The summed E-state index contributed by atoms with van der Waals surface area (Å²) in [5.41, 5.74) is -3.30. The molecule has 17 atom stereocenters. The molecule has 4 rings (SSSR count). The lowest BCUT2D eigenvalue weighted by Crippen LogP contribution is -2.60. The fourth-order valence-corrected chi connectivity index (χ4v) is 8.69. The van der Waals surface area contributed by atoms with E-state index in [1.807, 2.05) is 60.5 Å². The number of ether oxygens (including phenoxy) is 7. The molecule has 290 valence electrons. The van der Waals surface area contributed by atoms with Gasteiger partial charge in [0.1, 0.15) is 35.6 Å². The first-order valence-electron chi connectivity index (χ1n) is 18.5. The summed E-state index contributed by atoms with van der Waals surface area (Å²) in [6, 6.07) is -0.534. The van der Waals surface area contributed by atoms with Crippen molar-refractivity contribution in [3.8, 4) is 0 Å². The summed E-state index contributed by atoms with van der Waals surface area (Å²) in [6.45, 7) is 18.7. The monoisotopic (exact) mass is 714 g/mol. The minimum absolute atomic E-state index is 0.0791. The van der Waals surface area contributed by atoms with E-state index in [9.17, 15) is 20.1 Å². The lowest BCUT2D eigenvalue weighted by Gasteiger charge is -2.48. The molecule has 3 N–H and O–H groups in total. The van der Waals surface area contributed by atoms with Gasteiger partial charge in [0.15, 0.2) is 18.5 Å². The van der Waals surface area contributed by atoms with Crippen LogP contribution in [0, 0.1) is 17.8 Å². The summed E-state index contributed by atoms with van der Waals surface area (Å²) in [5.74, 6) is -1.49. The summed E-state index contributed by atoms with van der Waals surface area (Å²) >= 11 is 0. The summed E-state index contributed by atoms with van der Waals surface area (Å²) in [4.78, 5) is 21.0. The van der Waals surface area contributed by atoms with Gasteiger partial charge in [-0.05, 0) is 75.4 Å². The number of hydrogen-bond donors (Lipinski definition) is 3. The van der Waals surface area contributed by atoms with Crippen molar-refractivity contribution < 1.29 is 53.3 Å². The first-order chi connectivity index (χ1) is 23.2. The van der Waals surface area contributed by atoms with Gasteiger partial charge in [0.25, 0.3) is 0 Å². The molecule has 0 aromatic rings. The lowest BCUT2D eigenvalue weighted by molar-refractivity contribution is -0.315. The van der Waals surface area contributed by atoms with Crippen molar-refractivity contribution in [3.05, 3.63) is 0 Å². The third kappa shape index (κ3) is 8.68. The molecule has 13 heteroatoms. The topological polar surface area (TPSA) is 158 Å². The second kappa shape index (κ2) is 15.9. The predicted molar refractivity (Wildman–Crippen MR) is 186 cm³/mol. The Bertz CT molecular complexity index is 1190. The van der Waals surface area contributed by atoms with E-state index < -0.39 is 83.8 Å². The van der Waals surface area contributed by atoms with E-state index in [1.165, 1.54) is 0 Å². The number of aliphatic hydroxyl groups is 3. The third-order valence-corrected chi connectivity index (χ3v) is 11.7. The Kier molecular flexibility index (Phi) is 13.1. The van der Waals surface area contributed by atoms with E-state index in [2.05, 4.69) is 6.92 Å². The van der Waals surface area contributed by atoms with Crippen LogP contribution < -0.4 is 0 Å². The second-order valence-electron chi connectivity index (χ2n) is 16.5. The molecular formula is C37H66N2O11. The average molecular weight is 715 g/mol. The summed E-state index contributed by atoms with van der Waals surface area (Å²) in [7, 11) is 5.39. The Balaban J connectivity index is 1.83. The van der Waals surface area contributed by atoms with Crippen LogP contribution in [0.5, 0.6) is 0 Å².